The van der Waals surface area contributed by atoms with Crippen molar-refractivity contribution in [3.05, 3.63) is 0 Å². The van der Waals surface area contributed by atoms with Gasteiger partial charge in [-0.15, -0.1) is 0 Å². The molecule has 11 heavy (non-hydrogen) atoms. The Kier molecular flexibility index (Phi) is 1.24. The van der Waals surface area contributed by atoms with Crippen molar-refractivity contribution in [3.63, 3.8) is 0 Å². The summed E-state index contributed by atoms with van der Waals surface area (Å²) in [6.45, 7) is 4.30. The third-order valence-corrected chi connectivity index (χ3v) is 4.16. The van der Waals surface area contributed by atoms with Crippen LogP contribution >= 0.6 is 0 Å². The second kappa shape index (κ2) is 1.80. The number of nitrogens with two attached hydrogens (primary N) is 1. The Morgan fingerprint density at radius 1 is 1.45 bits per heavy atom. The van der Waals surface area contributed by atoms with Crippen molar-refractivity contribution >= 4 is 0 Å². The molecule has 3 atom stereocenters. The van der Waals surface area contributed by atoms with E-state index in [9.17, 15) is 5.11 Å². The summed E-state index contributed by atoms with van der Waals surface area (Å²) in [6, 6.07) is 0.0243. The van der Waals surface area contributed by atoms with Crippen LogP contribution in [0.4, 0.5) is 0 Å². The zero-order valence-electron chi connectivity index (χ0n) is 7.30. The van der Waals surface area contributed by atoms with Gasteiger partial charge in [-0.1, -0.05) is 13.8 Å². The summed E-state index contributed by atoms with van der Waals surface area (Å²) < 4.78 is 0. The van der Waals surface area contributed by atoms with Crippen molar-refractivity contribution in [1.82, 2.24) is 0 Å². The summed E-state index contributed by atoms with van der Waals surface area (Å²) in [7, 11) is 0. The topological polar surface area (TPSA) is 46.2 Å². The van der Waals surface area contributed by atoms with Crippen molar-refractivity contribution < 1.29 is 5.11 Å². The maximum absolute atomic E-state index is 10.2. The third-order valence-electron chi connectivity index (χ3n) is 4.16. The second-order valence-electron chi connectivity index (χ2n) is 4.72. The molecule has 2 nitrogen and oxygen atoms in total. The number of rotatable bonds is 0. The van der Waals surface area contributed by atoms with E-state index in [0.29, 0.717) is 5.92 Å². The molecule has 2 aliphatic carbocycles. The lowest BCUT2D eigenvalue weighted by Gasteiger charge is -2.35. The highest BCUT2D eigenvalue weighted by atomic mass is 16.3. The Labute approximate surface area is 67.8 Å². The molecule has 2 bridgehead atoms. The van der Waals surface area contributed by atoms with Crippen LogP contribution < -0.4 is 5.73 Å². The minimum absolute atomic E-state index is 0.0243. The minimum atomic E-state index is -0.558. The summed E-state index contributed by atoms with van der Waals surface area (Å²) >= 11 is 0. The fourth-order valence-electron chi connectivity index (χ4n) is 3.01. The van der Waals surface area contributed by atoms with Gasteiger partial charge in [0.05, 0.1) is 5.60 Å². The molecule has 64 valence electrons. The SMILES string of the molecule is CC1(C)C2CCC1(O)C(N)C2. The van der Waals surface area contributed by atoms with E-state index in [4.69, 9.17) is 5.73 Å². The van der Waals surface area contributed by atoms with Crippen LogP contribution in [-0.4, -0.2) is 16.7 Å². The Balaban J connectivity index is 2.40. The van der Waals surface area contributed by atoms with Crippen LogP contribution in [0.3, 0.4) is 0 Å². The highest BCUT2D eigenvalue weighted by molar-refractivity contribution is 5.15. The molecule has 0 amide bonds. The zero-order valence-corrected chi connectivity index (χ0v) is 7.30. The fourth-order valence-corrected chi connectivity index (χ4v) is 3.01. The zero-order chi connectivity index (χ0) is 8.28. The molecule has 0 aromatic heterocycles. The third kappa shape index (κ3) is 0.651. The minimum Gasteiger partial charge on any atom is -0.388 e. The second-order valence-corrected chi connectivity index (χ2v) is 4.72. The van der Waals surface area contributed by atoms with Crippen molar-refractivity contribution in [2.24, 2.45) is 17.1 Å². The molecule has 0 heterocycles. The molecular formula is C9H17NO. The van der Waals surface area contributed by atoms with Crippen molar-refractivity contribution in [2.45, 2.75) is 44.8 Å². The van der Waals surface area contributed by atoms with E-state index in [1.807, 2.05) is 0 Å². The fraction of sp³-hybridized carbons (Fsp3) is 1.00. The van der Waals surface area contributed by atoms with Gasteiger partial charge in [0.1, 0.15) is 0 Å². The predicted molar refractivity (Wildman–Crippen MR) is 44.0 cm³/mol. The standard InChI is InChI=1S/C9H17NO/c1-8(2)6-3-4-9(8,11)7(10)5-6/h6-7,11H,3-5,10H2,1-2H3. The molecule has 0 aliphatic heterocycles. The average Bonchev–Trinajstić information content (AvgIpc) is 2.20. The summed E-state index contributed by atoms with van der Waals surface area (Å²) in [4.78, 5) is 0. The van der Waals surface area contributed by atoms with Crippen LogP contribution in [-0.2, 0) is 0 Å². The lowest BCUT2D eigenvalue weighted by atomic mass is 9.78. The van der Waals surface area contributed by atoms with E-state index in [1.54, 1.807) is 0 Å². The molecule has 0 radical (unpaired) electrons. The molecule has 3 unspecified atom stereocenters. The highest BCUT2D eigenvalue weighted by Gasteiger charge is 2.62. The van der Waals surface area contributed by atoms with Gasteiger partial charge in [-0.2, -0.15) is 0 Å². The molecule has 2 rings (SSSR count). The molecule has 3 N–H and O–H groups in total. The lowest BCUT2D eigenvalue weighted by molar-refractivity contribution is -0.0404. The van der Waals surface area contributed by atoms with Gasteiger partial charge in [-0.05, 0) is 30.6 Å². The van der Waals surface area contributed by atoms with E-state index in [0.717, 1.165) is 19.3 Å². The summed E-state index contributed by atoms with van der Waals surface area (Å²) in [5.41, 5.74) is 5.38. The predicted octanol–water partition coefficient (Wildman–Crippen LogP) is 0.885. The van der Waals surface area contributed by atoms with Crippen LogP contribution in [0.25, 0.3) is 0 Å². The number of fused-ring (bicyclic) bond motifs is 2. The molecule has 2 fully saturated rings. The van der Waals surface area contributed by atoms with Gasteiger partial charge in [0.15, 0.2) is 0 Å². The quantitative estimate of drug-likeness (QED) is 0.545. The first-order chi connectivity index (χ1) is 4.98. The van der Waals surface area contributed by atoms with Gasteiger partial charge in [0.25, 0.3) is 0 Å². The van der Waals surface area contributed by atoms with Gasteiger partial charge >= 0.3 is 0 Å². The first-order valence-corrected chi connectivity index (χ1v) is 4.46. The maximum atomic E-state index is 10.2. The van der Waals surface area contributed by atoms with Gasteiger partial charge in [-0.3, -0.25) is 0 Å². The lowest BCUT2D eigenvalue weighted by Crippen LogP contribution is -2.49. The largest absolute Gasteiger partial charge is 0.388 e. The maximum Gasteiger partial charge on any atom is 0.0851 e. The van der Waals surface area contributed by atoms with E-state index in [1.165, 1.54) is 0 Å². The number of hydrogen-bond acceptors (Lipinski definition) is 2. The normalized spacial score (nSPS) is 53.5. The van der Waals surface area contributed by atoms with Crippen molar-refractivity contribution in [2.75, 3.05) is 0 Å². The highest BCUT2D eigenvalue weighted by Crippen LogP contribution is 2.59. The molecule has 0 aromatic rings. The van der Waals surface area contributed by atoms with Crippen LogP contribution in [0.1, 0.15) is 33.1 Å². The average molecular weight is 155 g/mol. The van der Waals surface area contributed by atoms with Gasteiger partial charge in [0.2, 0.25) is 0 Å². The molecule has 0 saturated heterocycles. The Morgan fingerprint density at radius 2 is 2.09 bits per heavy atom. The number of aliphatic hydroxyl groups is 1. The Bertz CT molecular complexity index is 190. The monoisotopic (exact) mass is 155 g/mol. The molecule has 2 aliphatic rings. The Morgan fingerprint density at radius 3 is 2.27 bits per heavy atom. The van der Waals surface area contributed by atoms with Crippen LogP contribution in [0, 0.1) is 11.3 Å². The summed E-state index contributed by atoms with van der Waals surface area (Å²) in [5, 5.41) is 10.2. The van der Waals surface area contributed by atoms with Crippen LogP contribution in [0.2, 0.25) is 0 Å². The first kappa shape index (κ1) is 7.56. The molecular weight excluding hydrogens is 138 g/mol. The van der Waals surface area contributed by atoms with Gasteiger partial charge < -0.3 is 10.8 Å². The van der Waals surface area contributed by atoms with Crippen LogP contribution in [0.5, 0.6) is 0 Å². The van der Waals surface area contributed by atoms with Gasteiger partial charge in [-0.25, -0.2) is 0 Å². The smallest absolute Gasteiger partial charge is 0.0851 e. The Hall–Kier alpha value is -0.0800. The first-order valence-electron chi connectivity index (χ1n) is 4.46. The molecule has 0 spiro atoms. The molecule has 2 saturated carbocycles. The number of hydrogen-bond donors (Lipinski definition) is 2. The molecule has 0 aromatic carbocycles. The van der Waals surface area contributed by atoms with E-state index < -0.39 is 5.60 Å². The van der Waals surface area contributed by atoms with E-state index >= 15 is 0 Å². The van der Waals surface area contributed by atoms with E-state index in [-0.39, 0.29) is 11.5 Å². The van der Waals surface area contributed by atoms with E-state index in [2.05, 4.69) is 13.8 Å². The van der Waals surface area contributed by atoms with Crippen molar-refractivity contribution in [3.8, 4) is 0 Å². The molecule has 2 heteroatoms. The summed E-state index contributed by atoms with van der Waals surface area (Å²) in [6.07, 6.45) is 3.09. The van der Waals surface area contributed by atoms with Crippen LogP contribution in [0.15, 0.2) is 0 Å². The van der Waals surface area contributed by atoms with Gasteiger partial charge in [0, 0.05) is 6.04 Å². The van der Waals surface area contributed by atoms with Crippen molar-refractivity contribution in [1.29, 1.82) is 0 Å². The summed E-state index contributed by atoms with van der Waals surface area (Å²) in [5.74, 6) is 0.655.